The van der Waals surface area contributed by atoms with Crippen LogP contribution in [-0.2, 0) is 0 Å². The fourth-order valence-corrected chi connectivity index (χ4v) is 4.11. The topological polar surface area (TPSA) is 46.1 Å². The van der Waals surface area contributed by atoms with E-state index < -0.39 is 0 Å². The van der Waals surface area contributed by atoms with Crippen LogP contribution in [0, 0.1) is 5.92 Å². The van der Waals surface area contributed by atoms with Crippen LogP contribution in [0.15, 0.2) is 85.1 Å². The fourth-order valence-electron chi connectivity index (χ4n) is 4.11. The van der Waals surface area contributed by atoms with Crippen LogP contribution >= 0.6 is 0 Å². The van der Waals surface area contributed by atoms with Gasteiger partial charge in [-0.25, -0.2) is 9.97 Å². The maximum Gasteiger partial charge on any atom is 0.254 e. The zero-order valence-corrected chi connectivity index (χ0v) is 18.2. The van der Waals surface area contributed by atoms with Gasteiger partial charge in [-0.3, -0.25) is 4.79 Å². The van der Waals surface area contributed by atoms with Gasteiger partial charge in [0.1, 0.15) is 0 Å². The molecule has 0 spiro atoms. The summed E-state index contributed by atoms with van der Waals surface area (Å²) >= 11 is 0. The number of rotatable bonds is 6. The Bertz CT molecular complexity index is 1170. The molecule has 2 aromatic heterocycles. The lowest BCUT2D eigenvalue weighted by Gasteiger charge is -2.33. The first-order valence-corrected chi connectivity index (χ1v) is 10.7. The highest BCUT2D eigenvalue weighted by Crippen LogP contribution is 2.32. The van der Waals surface area contributed by atoms with Gasteiger partial charge >= 0.3 is 0 Å². The molecule has 0 aliphatic carbocycles. The molecule has 0 N–H and O–H groups in total. The van der Waals surface area contributed by atoms with Crippen LogP contribution in [0.4, 0.5) is 0 Å². The highest BCUT2D eigenvalue weighted by molar-refractivity contribution is 6.06. The molecule has 0 saturated carbocycles. The number of hydrogen-bond acceptors (Lipinski definition) is 3. The second-order valence-corrected chi connectivity index (χ2v) is 7.95. The van der Waals surface area contributed by atoms with Crippen LogP contribution in [0.1, 0.15) is 42.2 Å². The summed E-state index contributed by atoms with van der Waals surface area (Å²) in [5.41, 5.74) is 4.08. The lowest BCUT2D eigenvalue weighted by atomic mass is 9.90. The standard InChI is InChI=1S/C27H27N3O/c1-4-19(2)25(21-14-9-6-10-15-21)30(3)27(31)23-18-24(20-12-7-5-8-13-20)29-26-22(23)16-11-17-28-26/h5-19,25H,4H2,1-3H3. The minimum absolute atomic E-state index is 0.0150. The molecule has 2 aromatic carbocycles. The number of benzene rings is 2. The van der Waals surface area contributed by atoms with Gasteiger partial charge in [0.05, 0.1) is 17.3 Å². The van der Waals surface area contributed by atoms with E-state index in [0.717, 1.165) is 28.6 Å². The normalized spacial score (nSPS) is 13.0. The number of nitrogens with zero attached hydrogens (tertiary/aromatic N) is 3. The highest BCUT2D eigenvalue weighted by Gasteiger charge is 2.28. The first-order valence-electron chi connectivity index (χ1n) is 10.7. The average molecular weight is 410 g/mol. The third-order valence-electron chi connectivity index (χ3n) is 5.95. The Balaban J connectivity index is 1.82. The number of aromatic nitrogens is 2. The molecule has 4 heteroatoms. The van der Waals surface area contributed by atoms with Crippen molar-refractivity contribution < 1.29 is 4.79 Å². The number of carbonyl (C=O) groups is 1. The van der Waals surface area contributed by atoms with Gasteiger partial charge in [-0.2, -0.15) is 0 Å². The van der Waals surface area contributed by atoms with Crippen LogP contribution in [0.3, 0.4) is 0 Å². The molecule has 2 heterocycles. The van der Waals surface area contributed by atoms with Gasteiger partial charge in [0.15, 0.2) is 5.65 Å². The summed E-state index contributed by atoms with van der Waals surface area (Å²) in [6, 6.07) is 25.8. The minimum atomic E-state index is -0.0215. The van der Waals surface area contributed by atoms with Gasteiger partial charge in [-0.1, -0.05) is 80.9 Å². The summed E-state index contributed by atoms with van der Waals surface area (Å²) in [6.45, 7) is 4.36. The van der Waals surface area contributed by atoms with Crippen molar-refractivity contribution >= 4 is 16.9 Å². The largest absolute Gasteiger partial charge is 0.334 e. The SMILES string of the molecule is CCC(C)C(c1ccccc1)N(C)C(=O)c1cc(-c2ccccc2)nc2ncccc12. The molecule has 0 fully saturated rings. The smallest absolute Gasteiger partial charge is 0.254 e. The Morgan fingerprint density at radius 1 is 0.968 bits per heavy atom. The fraction of sp³-hybridized carbons (Fsp3) is 0.222. The zero-order chi connectivity index (χ0) is 21.8. The predicted molar refractivity (Wildman–Crippen MR) is 126 cm³/mol. The molecule has 2 unspecified atom stereocenters. The monoisotopic (exact) mass is 409 g/mol. The van der Waals surface area contributed by atoms with Crippen molar-refractivity contribution in [1.29, 1.82) is 0 Å². The zero-order valence-electron chi connectivity index (χ0n) is 18.2. The van der Waals surface area contributed by atoms with Crippen molar-refractivity contribution in [2.75, 3.05) is 7.05 Å². The first-order chi connectivity index (χ1) is 15.1. The van der Waals surface area contributed by atoms with Crippen LogP contribution < -0.4 is 0 Å². The van der Waals surface area contributed by atoms with Crippen molar-refractivity contribution in [3.63, 3.8) is 0 Å². The lowest BCUT2D eigenvalue weighted by molar-refractivity contribution is 0.0678. The summed E-state index contributed by atoms with van der Waals surface area (Å²) in [5, 5.41) is 0.773. The van der Waals surface area contributed by atoms with Gasteiger partial charge in [0.2, 0.25) is 0 Å². The molecule has 1 amide bonds. The number of amides is 1. The van der Waals surface area contributed by atoms with E-state index in [1.807, 2.05) is 78.7 Å². The van der Waals surface area contributed by atoms with E-state index in [0.29, 0.717) is 17.1 Å². The summed E-state index contributed by atoms with van der Waals surface area (Å²) in [6.07, 6.45) is 2.69. The van der Waals surface area contributed by atoms with Gasteiger partial charge in [0.25, 0.3) is 5.91 Å². The van der Waals surface area contributed by atoms with E-state index in [9.17, 15) is 4.79 Å². The Kier molecular flexibility index (Phi) is 6.08. The van der Waals surface area contributed by atoms with Crippen LogP contribution in [-0.4, -0.2) is 27.8 Å². The summed E-state index contributed by atoms with van der Waals surface area (Å²) in [5.74, 6) is 0.294. The second-order valence-electron chi connectivity index (χ2n) is 7.95. The molecule has 2 atom stereocenters. The van der Waals surface area contributed by atoms with E-state index in [4.69, 9.17) is 4.98 Å². The molecule has 0 bridgehead atoms. The van der Waals surface area contributed by atoms with Gasteiger partial charge < -0.3 is 4.90 Å². The highest BCUT2D eigenvalue weighted by atomic mass is 16.2. The Morgan fingerprint density at radius 2 is 1.65 bits per heavy atom. The van der Waals surface area contributed by atoms with E-state index in [2.05, 4.69) is 31.0 Å². The van der Waals surface area contributed by atoms with Crippen molar-refractivity contribution in [1.82, 2.24) is 14.9 Å². The molecule has 31 heavy (non-hydrogen) atoms. The molecule has 0 saturated heterocycles. The molecular weight excluding hydrogens is 382 g/mol. The van der Waals surface area contributed by atoms with Gasteiger partial charge in [0, 0.05) is 24.2 Å². The third-order valence-corrected chi connectivity index (χ3v) is 5.95. The molecule has 156 valence electrons. The third kappa shape index (κ3) is 4.19. The number of hydrogen-bond donors (Lipinski definition) is 0. The van der Waals surface area contributed by atoms with Crippen LogP contribution in [0.5, 0.6) is 0 Å². The minimum Gasteiger partial charge on any atom is -0.334 e. The second kappa shape index (κ2) is 9.09. The number of pyridine rings is 2. The van der Waals surface area contributed by atoms with E-state index in [-0.39, 0.29) is 11.9 Å². The maximum atomic E-state index is 13.8. The lowest BCUT2D eigenvalue weighted by Crippen LogP contribution is -2.35. The van der Waals surface area contributed by atoms with Gasteiger partial charge in [-0.05, 0) is 29.7 Å². The molecular formula is C27H27N3O. The molecule has 0 radical (unpaired) electrons. The van der Waals surface area contributed by atoms with E-state index >= 15 is 0 Å². The quantitative estimate of drug-likeness (QED) is 0.383. The van der Waals surface area contributed by atoms with E-state index in [1.54, 1.807) is 6.20 Å². The Morgan fingerprint density at radius 3 is 2.32 bits per heavy atom. The van der Waals surface area contributed by atoms with Crippen LogP contribution in [0.25, 0.3) is 22.3 Å². The Labute approximate surface area is 183 Å². The molecule has 0 aliphatic rings. The Hall–Kier alpha value is -3.53. The summed E-state index contributed by atoms with van der Waals surface area (Å²) in [7, 11) is 1.90. The molecule has 0 aliphatic heterocycles. The molecule has 4 aromatic rings. The van der Waals surface area contributed by atoms with Crippen molar-refractivity contribution in [3.05, 3.63) is 96.2 Å². The van der Waals surface area contributed by atoms with Crippen molar-refractivity contribution in [2.45, 2.75) is 26.3 Å². The van der Waals surface area contributed by atoms with Crippen molar-refractivity contribution in [3.8, 4) is 11.3 Å². The van der Waals surface area contributed by atoms with E-state index in [1.165, 1.54) is 0 Å². The van der Waals surface area contributed by atoms with Crippen molar-refractivity contribution in [2.24, 2.45) is 5.92 Å². The van der Waals surface area contributed by atoms with Crippen LogP contribution in [0.2, 0.25) is 0 Å². The summed E-state index contributed by atoms with van der Waals surface area (Å²) < 4.78 is 0. The first kappa shape index (κ1) is 20.7. The summed E-state index contributed by atoms with van der Waals surface area (Å²) in [4.78, 5) is 24.9. The number of carbonyl (C=O) groups excluding carboxylic acids is 1. The average Bonchev–Trinajstić information content (AvgIpc) is 2.84. The molecule has 4 nitrogen and oxygen atoms in total. The van der Waals surface area contributed by atoms with Gasteiger partial charge in [-0.15, -0.1) is 0 Å². The predicted octanol–water partition coefficient (Wildman–Crippen LogP) is 6.16. The molecule has 4 rings (SSSR count). The number of fused-ring (bicyclic) bond motifs is 1. The maximum absolute atomic E-state index is 13.8.